The molecule has 8 N–H and O–H groups in total. The molecule has 0 aromatic rings. The lowest BCUT2D eigenvalue weighted by Gasteiger charge is -1.89. The largest absolute Gasteiger partial charge is 0.383 e. The van der Waals surface area contributed by atoms with E-state index >= 15 is 0 Å². The summed E-state index contributed by atoms with van der Waals surface area (Å²) in [5, 5.41) is 0. The minimum Gasteiger partial charge on any atom is -0.383 e. The SMILES string of the molecule is NC(N)=C(N)N. The average molecular weight is 88.1 g/mol. The van der Waals surface area contributed by atoms with Crippen molar-refractivity contribution < 1.29 is 0 Å². The molecule has 0 heterocycles. The second-order valence-corrected chi connectivity index (χ2v) is 0.911. The first-order valence-corrected chi connectivity index (χ1v) is 1.40. The van der Waals surface area contributed by atoms with Crippen LogP contribution in [0.5, 0.6) is 0 Å². The van der Waals surface area contributed by atoms with Gasteiger partial charge in [-0.15, -0.1) is 0 Å². The molecule has 0 fully saturated rings. The molecular weight excluding hydrogens is 80.1 g/mol. The second-order valence-electron chi connectivity index (χ2n) is 0.911. The highest BCUT2D eigenvalue weighted by atomic mass is 14.9. The Morgan fingerprint density at radius 3 is 0.833 bits per heavy atom. The predicted octanol–water partition coefficient (Wildman–Crippen LogP) is -2.05. The maximum Gasteiger partial charge on any atom is 0.134 e. The van der Waals surface area contributed by atoms with Crippen LogP contribution in [0.25, 0.3) is 0 Å². The molecule has 0 unspecified atom stereocenters. The minimum atomic E-state index is -0.0185. The van der Waals surface area contributed by atoms with Gasteiger partial charge in [-0.1, -0.05) is 0 Å². The van der Waals surface area contributed by atoms with Crippen molar-refractivity contribution >= 4 is 0 Å². The highest BCUT2D eigenvalue weighted by Gasteiger charge is 1.77. The van der Waals surface area contributed by atoms with Gasteiger partial charge in [-0.2, -0.15) is 0 Å². The third-order valence-corrected chi connectivity index (χ3v) is 0.333. The summed E-state index contributed by atoms with van der Waals surface area (Å²) in [4.78, 5) is 0. The highest BCUT2D eigenvalue weighted by Crippen LogP contribution is 1.62. The molecule has 0 aliphatic carbocycles. The van der Waals surface area contributed by atoms with Crippen LogP contribution in [0.2, 0.25) is 0 Å². The highest BCUT2D eigenvalue weighted by molar-refractivity contribution is 4.96. The fraction of sp³-hybridized carbons (Fsp3) is 0. The van der Waals surface area contributed by atoms with E-state index in [9.17, 15) is 0 Å². The molecular formula is C2H8N4. The summed E-state index contributed by atoms with van der Waals surface area (Å²) < 4.78 is 0. The zero-order chi connectivity index (χ0) is 5.15. The van der Waals surface area contributed by atoms with Crippen LogP contribution < -0.4 is 22.9 Å². The molecule has 0 aromatic carbocycles. The van der Waals surface area contributed by atoms with E-state index in [2.05, 4.69) is 0 Å². The van der Waals surface area contributed by atoms with E-state index in [0.717, 1.165) is 0 Å². The van der Waals surface area contributed by atoms with Crippen LogP contribution in [-0.2, 0) is 0 Å². The summed E-state index contributed by atoms with van der Waals surface area (Å²) in [6.07, 6.45) is 0. The van der Waals surface area contributed by atoms with Crippen molar-refractivity contribution in [3.8, 4) is 0 Å². The van der Waals surface area contributed by atoms with E-state index in [0.29, 0.717) is 0 Å². The normalized spacial score (nSPS) is 7.33. The van der Waals surface area contributed by atoms with Crippen LogP contribution in [0.15, 0.2) is 11.6 Å². The fourth-order valence-corrected chi connectivity index (χ4v) is 0. The average Bonchev–Trinajstić information content (AvgIpc) is 1.36. The topological polar surface area (TPSA) is 104 Å². The van der Waals surface area contributed by atoms with Gasteiger partial charge in [0, 0.05) is 0 Å². The maximum absolute atomic E-state index is 4.84. The molecule has 4 nitrogen and oxygen atoms in total. The van der Waals surface area contributed by atoms with Crippen LogP contribution in [0.4, 0.5) is 0 Å². The van der Waals surface area contributed by atoms with E-state index in [1.165, 1.54) is 0 Å². The van der Waals surface area contributed by atoms with Crippen molar-refractivity contribution in [3.05, 3.63) is 11.6 Å². The Labute approximate surface area is 35.8 Å². The predicted molar refractivity (Wildman–Crippen MR) is 23.8 cm³/mol. The standard InChI is InChI=1S/C2H8N4/c3-1(4)2(5)6/h3-6H2. The van der Waals surface area contributed by atoms with Crippen LogP contribution in [0.1, 0.15) is 0 Å². The number of hydrogen-bond acceptors (Lipinski definition) is 4. The van der Waals surface area contributed by atoms with Gasteiger partial charge in [0.15, 0.2) is 0 Å². The summed E-state index contributed by atoms with van der Waals surface area (Å²) in [7, 11) is 0. The van der Waals surface area contributed by atoms with Gasteiger partial charge < -0.3 is 22.9 Å². The Hall–Kier alpha value is -1.06. The first-order valence-electron chi connectivity index (χ1n) is 1.40. The number of rotatable bonds is 0. The Morgan fingerprint density at radius 1 is 0.667 bits per heavy atom. The molecule has 6 heavy (non-hydrogen) atoms. The maximum atomic E-state index is 4.84. The van der Waals surface area contributed by atoms with Crippen LogP contribution >= 0.6 is 0 Å². The summed E-state index contributed by atoms with van der Waals surface area (Å²) in [5.74, 6) is -0.0370. The molecule has 0 radical (unpaired) electrons. The van der Waals surface area contributed by atoms with Gasteiger partial charge in [0.1, 0.15) is 11.6 Å². The van der Waals surface area contributed by atoms with Crippen molar-refractivity contribution in [1.82, 2.24) is 0 Å². The first-order chi connectivity index (χ1) is 2.64. The van der Waals surface area contributed by atoms with E-state index in [1.807, 2.05) is 0 Å². The molecule has 0 aliphatic heterocycles. The molecule has 0 saturated heterocycles. The molecule has 0 bridgehead atoms. The number of hydrogen-bond donors (Lipinski definition) is 4. The summed E-state index contributed by atoms with van der Waals surface area (Å²) in [5.41, 5.74) is 19.4. The third kappa shape index (κ3) is 1.28. The molecule has 0 amide bonds. The third-order valence-electron chi connectivity index (χ3n) is 0.333. The van der Waals surface area contributed by atoms with Crippen LogP contribution in [-0.4, -0.2) is 0 Å². The Balaban J connectivity index is 3.68. The van der Waals surface area contributed by atoms with Crippen LogP contribution in [0, 0.1) is 0 Å². The molecule has 0 atom stereocenters. The van der Waals surface area contributed by atoms with Gasteiger partial charge in [0.05, 0.1) is 0 Å². The zero-order valence-corrected chi connectivity index (χ0v) is 3.31. The fourth-order valence-electron chi connectivity index (χ4n) is 0. The van der Waals surface area contributed by atoms with E-state index in [1.54, 1.807) is 0 Å². The van der Waals surface area contributed by atoms with E-state index in [4.69, 9.17) is 22.9 Å². The molecule has 0 saturated carbocycles. The summed E-state index contributed by atoms with van der Waals surface area (Å²) >= 11 is 0. The van der Waals surface area contributed by atoms with Crippen molar-refractivity contribution in [2.24, 2.45) is 22.9 Å². The van der Waals surface area contributed by atoms with E-state index in [-0.39, 0.29) is 11.6 Å². The summed E-state index contributed by atoms with van der Waals surface area (Å²) in [6.45, 7) is 0. The monoisotopic (exact) mass is 88.1 g/mol. The lowest BCUT2D eigenvalue weighted by Crippen LogP contribution is -2.22. The molecule has 4 heteroatoms. The van der Waals surface area contributed by atoms with Crippen molar-refractivity contribution in [1.29, 1.82) is 0 Å². The van der Waals surface area contributed by atoms with E-state index < -0.39 is 0 Å². The van der Waals surface area contributed by atoms with Gasteiger partial charge in [-0.05, 0) is 0 Å². The van der Waals surface area contributed by atoms with Gasteiger partial charge in [-0.3, -0.25) is 0 Å². The minimum absolute atomic E-state index is 0.0185. The van der Waals surface area contributed by atoms with Gasteiger partial charge in [-0.25, -0.2) is 0 Å². The lowest BCUT2D eigenvalue weighted by atomic mass is 10.7. The van der Waals surface area contributed by atoms with Gasteiger partial charge >= 0.3 is 0 Å². The zero-order valence-electron chi connectivity index (χ0n) is 3.31. The van der Waals surface area contributed by atoms with Crippen molar-refractivity contribution in [3.63, 3.8) is 0 Å². The smallest absolute Gasteiger partial charge is 0.134 e. The molecule has 0 aromatic heterocycles. The Morgan fingerprint density at radius 2 is 0.833 bits per heavy atom. The van der Waals surface area contributed by atoms with Crippen LogP contribution in [0.3, 0.4) is 0 Å². The lowest BCUT2D eigenvalue weighted by molar-refractivity contribution is 1.09. The quantitative estimate of drug-likeness (QED) is 0.273. The second kappa shape index (κ2) is 1.40. The number of nitrogens with two attached hydrogens (primary N) is 4. The molecule has 0 rings (SSSR count). The van der Waals surface area contributed by atoms with Gasteiger partial charge in [0.25, 0.3) is 0 Å². The Kier molecular flexibility index (Phi) is 1.15. The van der Waals surface area contributed by atoms with Crippen molar-refractivity contribution in [2.75, 3.05) is 0 Å². The molecule has 0 spiro atoms. The summed E-state index contributed by atoms with van der Waals surface area (Å²) in [6, 6.07) is 0. The molecule has 0 aliphatic rings. The first kappa shape index (κ1) is 4.94. The Bertz CT molecular complexity index is 55.6. The molecule has 36 valence electrons. The van der Waals surface area contributed by atoms with Gasteiger partial charge in [0.2, 0.25) is 0 Å². The van der Waals surface area contributed by atoms with Crippen molar-refractivity contribution in [2.45, 2.75) is 0 Å².